The number of para-hydroxylation sites is 2. The second-order valence-electron chi connectivity index (χ2n) is 31.1. The lowest BCUT2D eigenvalue weighted by Crippen LogP contribution is -2.44. The van der Waals surface area contributed by atoms with E-state index in [-0.39, 0.29) is 0 Å². The van der Waals surface area contributed by atoms with E-state index >= 15 is 0 Å². The number of benzene rings is 18. The Morgan fingerprint density at radius 3 is 0.802 bits per heavy atom. The molecule has 2 nitrogen and oxygen atoms in total. The van der Waals surface area contributed by atoms with E-state index in [1.807, 2.05) is 22.7 Å². The topological polar surface area (TPSA) is 6.48 Å². The fraction of sp³-hybridized carbons (Fsp3) is 0.0357. The van der Waals surface area contributed by atoms with E-state index in [1.54, 1.807) is 0 Å². The monoisotopic (exact) mass is 1510 g/mol. The van der Waals surface area contributed by atoms with Crippen molar-refractivity contribution in [2.24, 2.45) is 0 Å². The average Bonchev–Trinajstić information content (AvgIpc) is 1.39. The van der Waals surface area contributed by atoms with Crippen LogP contribution in [0.1, 0.15) is 89.0 Å². The number of nitrogens with zero attached hydrogens (tertiary/aromatic N) is 2. The normalized spacial score (nSPS) is 14.1. The molecular formula is C112H74N2S2. The molecule has 544 valence electrons. The lowest BCUT2D eigenvalue weighted by atomic mass is 9.51. The Bertz CT molecular complexity index is 7040. The summed E-state index contributed by atoms with van der Waals surface area (Å²) in [7, 11) is 0. The molecule has 2 aromatic heterocycles. The Balaban J connectivity index is 0.000000137. The highest BCUT2D eigenvalue weighted by Gasteiger charge is 2.59. The zero-order valence-electron chi connectivity index (χ0n) is 63.4. The molecule has 24 rings (SSSR count). The van der Waals surface area contributed by atoms with Crippen molar-refractivity contribution < 1.29 is 0 Å². The number of anilines is 6. The first kappa shape index (κ1) is 67.7. The molecule has 2 spiro atoms. The Morgan fingerprint density at radius 1 is 0.147 bits per heavy atom. The van der Waals surface area contributed by atoms with Crippen molar-refractivity contribution in [2.75, 3.05) is 9.80 Å². The first-order chi connectivity index (χ1) is 57.5. The molecule has 0 bridgehead atoms. The van der Waals surface area contributed by atoms with E-state index in [9.17, 15) is 0 Å². The molecule has 0 saturated carbocycles. The van der Waals surface area contributed by atoms with E-state index in [0.717, 1.165) is 34.1 Å². The first-order valence-corrected chi connectivity index (χ1v) is 41.8. The Kier molecular flexibility index (Phi) is 15.7. The van der Waals surface area contributed by atoms with Gasteiger partial charge in [0, 0.05) is 74.5 Å². The minimum absolute atomic E-state index is 0.536. The van der Waals surface area contributed by atoms with Crippen molar-refractivity contribution in [3.05, 3.63) is 538 Å². The van der Waals surface area contributed by atoms with Gasteiger partial charge in [-0.1, -0.05) is 358 Å². The molecule has 116 heavy (non-hydrogen) atoms. The SMILES string of the molecule is c1ccc(N(c2ccc3c(c2)C2(c4ccccc4-3)c3ccccc3C(c3ccccc3)(c3ccccc3)c3ccccc32)c2ccc3c(c2)sc2ccccc23)cc1.c1ccc(N(c2ccc3c(c2)C2(c4ccccc4-3)c3ccccc3C(c3ccccc3)(c3ccccc3)c3ccccc32)c2ccc3sc4ccccc4c3c2)cc1. The van der Waals surface area contributed by atoms with Crippen LogP contribution in [0.15, 0.2) is 449 Å². The molecule has 4 aliphatic carbocycles. The summed E-state index contributed by atoms with van der Waals surface area (Å²) in [4.78, 5) is 4.89. The van der Waals surface area contributed by atoms with Crippen LogP contribution >= 0.6 is 22.7 Å². The van der Waals surface area contributed by atoms with Crippen LogP contribution in [0.3, 0.4) is 0 Å². The van der Waals surface area contributed by atoms with E-state index in [0.29, 0.717) is 0 Å². The van der Waals surface area contributed by atoms with Crippen molar-refractivity contribution in [1.82, 2.24) is 0 Å². The highest BCUT2D eigenvalue weighted by Crippen LogP contribution is 2.68. The first-order valence-electron chi connectivity index (χ1n) is 40.2. The highest BCUT2D eigenvalue weighted by atomic mass is 32.1. The molecule has 2 heterocycles. The Labute approximate surface area is 683 Å². The van der Waals surface area contributed by atoms with Crippen LogP contribution in [0.4, 0.5) is 34.1 Å². The van der Waals surface area contributed by atoms with Crippen LogP contribution in [0.25, 0.3) is 62.6 Å². The number of fused-ring (bicyclic) bond motifs is 24. The van der Waals surface area contributed by atoms with Gasteiger partial charge in [0.1, 0.15) is 0 Å². The molecule has 4 aliphatic rings. The molecule has 0 fully saturated rings. The molecule has 0 unspecified atom stereocenters. The summed E-state index contributed by atoms with van der Waals surface area (Å²) < 4.78 is 5.22. The number of thiophene rings is 2. The average molecular weight is 1510 g/mol. The summed E-state index contributed by atoms with van der Waals surface area (Å²) >= 11 is 3.73. The largest absolute Gasteiger partial charge is 0.310 e. The summed E-state index contributed by atoms with van der Waals surface area (Å²) in [5.74, 6) is 0. The highest BCUT2D eigenvalue weighted by molar-refractivity contribution is 7.26. The van der Waals surface area contributed by atoms with Crippen molar-refractivity contribution in [3.8, 4) is 22.3 Å². The van der Waals surface area contributed by atoms with E-state index < -0.39 is 21.7 Å². The molecule has 0 N–H and O–H groups in total. The zero-order chi connectivity index (χ0) is 76.5. The molecule has 0 saturated heterocycles. The van der Waals surface area contributed by atoms with Gasteiger partial charge in [-0.3, -0.25) is 0 Å². The molecule has 0 atom stereocenters. The van der Waals surface area contributed by atoms with Crippen molar-refractivity contribution in [3.63, 3.8) is 0 Å². The van der Waals surface area contributed by atoms with Crippen molar-refractivity contribution in [2.45, 2.75) is 21.7 Å². The maximum absolute atomic E-state index is 2.50. The third kappa shape index (κ3) is 9.69. The minimum atomic E-state index is -0.571. The van der Waals surface area contributed by atoms with Crippen LogP contribution in [0.2, 0.25) is 0 Å². The fourth-order valence-corrected chi connectivity index (χ4v) is 23.4. The van der Waals surface area contributed by atoms with Gasteiger partial charge >= 0.3 is 0 Å². The molecule has 0 amide bonds. The van der Waals surface area contributed by atoms with E-state index in [4.69, 9.17) is 0 Å². The lowest BCUT2D eigenvalue weighted by Gasteiger charge is -2.50. The van der Waals surface area contributed by atoms with Crippen LogP contribution < -0.4 is 9.80 Å². The van der Waals surface area contributed by atoms with E-state index in [2.05, 4.69) is 459 Å². The minimum Gasteiger partial charge on any atom is -0.310 e. The van der Waals surface area contributed by atoms with Crippen LogP contribution in [-0.2, 0) is 21.7 Å². The second kappa shape index (κ2) is 26.8. The fourth-order valence-electron chi connectivity index (χ4n) is 21.2. The predicted molar refractivity (Wildman–Crippen MR) is 486 cm³/mol. The van der Waals surface area contributed by atoms with Crippen LogP contribution in [0.5, 0.6) is 0 Å². The summed E-state index contributed by atoms with van der Waals surface area (Å²) in [6.45, 7) is 0. The molecule has 20 aromatic rings. The van der Waals surface area contributed by atoms with Crippen LogP contribution in [0, 0.1) is 0 Å². The summed E-state index contributed by atoms with van der Waals surface area (Å²) in [5, 5.41) is 5.21. The van der Waals surface area contributed by atoms with Crippen molar-refractivity contribution in [1.29, 1.82) is 0 Å². The Hall–Kier alpha value is -14.0. The maximum Gasteiger partial charge on any atom is 0.0720 e. The third-order valence-corrected chi connectivity index (χ3v) is 27.9. The number of rotatable bonds is 10. The van der Waals surface area contributed by atoms with Gasteiger partial charge in [-0.15, -0.1) is 22.7 Å². The Morgan fingerprint density at radius 2 is 0.405 bits per heavy atom. The molecule has 0 radical (unpaired) electrons. The van der Waals surface area contributed by atoms with Gasteiger partial charge in [0.2, 0.25) is 0 Å². The summed E-state index contributed by atoms with van der Waals surface area (Å²) in [6, 6.07) is 168. The van der Waals surface area contributed by atoms with E-state index in [1.165, 1.54) is 152 Å². The summed E-state index contributed by atoms with van der Waals surface area (Å²) in [5.41, 5.74) is 30.6. The quantitative estimate of drug-likeness (QED) is 0.135. The molecular weight excluding hydrogens is 1440 g/mol. The molecule has 18 aromatic carbocycles. The molecule has 4 heteroatoms. The maximum atomic E-state index is 2.50. The number of hydrogen-bond donors (Lipinski definition) is 0. The second-order valence-corrected chi connectivity index (χ2v) is 33.3. The van der Waals surface area contributed by atoms with Gasteiger partial charge in [-0.25, -0.2) is 0 Å². The smallest absolute Gasteiger partial charge is 0.0720 e. The van der Waals surface area contributed by atoms with Gasteiger partial charge < -0.3 is 9.80 Å². The standard InChI is InChI=1S/2C56H37NS/c1-4-18-38(19-5-1)55(39-20-6-2-7-21-39)48-27-13-15-29-50(48)56(51-30-16-14-28-49(51)55)47-26-12-10-24-43(47)44-34-32-42(37-52(44)56)57(40-22-8-3-9-23-40)41-33-35-54-46(36-41)45-25-11-17-31-53(45)58-54;1-4-18-38(19-5-1)55(39-20-6-2-7-21-39)48-27-13-15-29-50(48)56(51-30-16-14-28-49(51)55)47-26-12-10-24-43(47)44-34-32-41(36-52(44)56)57(40-22-8-3-9-23-40)42-33-35-46-45-25-11-17-31-53(45)58-54(46)37-42/h2*1-37H. The van der Waals surface area contributed by atoms with Gasteiger partial charge in [0.25, 0.3) is 0 Å². The van der Waals surface area contributed by atoms with Gasteiger partial charge in [-0.05, 0) is 202 Å². The van der Waals surface area contributed by atoms with Crippen LogP contribution in [-0.4, -0.2) is 0 Å². The van der Waals surface area contributed by atoms with Gasteiger partial charge in [0.05, 0.1) is 21.7 Å². The third-order valence-electron chi connectivity index (χ3n) is 25.6. The summed E-state index contributed by atoms with van der Waals surface area (Å²) in [6.07, 6.45) is 0. The van der Waals surface area contributed by atoms with Gasteiger partial charge in [-0.2, -0.15) is 0 Å². The predicted octanol–water partition coefficient (Wildman–Crippen LogP) is 29.2. The number of hydrogen-bond acceptors (Lipinski definition) is 4. The van der Waals surface area contributed by atoms with Gasteiger partial charge in [0.15, 0.2) is 0 Å². The molecule has 0 aliphatic heterocycles. The zero-order valence-corrected chi connectivity index (χ0v) is 65.1. The lowest BCUT2D eigenvalue weighted by molar-refractivity contribution is 0.623. The van der Waals surface area contributed by atoms with Crippen molar-refractivity contribution >= 4 is 97.1 Å².